The maximum absolute atomic E-state index is 8.77. The molecule has 0 fully saturated rings. The number of ether oxygens (including phenoxy) is 1. The molecule has 0 amide bonds. The Hall–Kier alpha value is -2.31. The van der Waals surface area contributed by atoms with Crippen molar-refractivity contribution in [2.75, 3.05) is 6.54 Å². The van der Waals surface area contributed by atoms with Crippen LogP contribution in [0.2, 0.25) is 0 Å². The van der Waals surface area contributed by atoms with Crippen molar-refractivity contribution in [3.8, 4) is 17.6 Å². The van der Waals surface area contributed by atoms with Gasteiger partial charge in [-0.15, -0.1) is 0 Å². The summed E-state index contributed by atoms with van der Waals surface area (Å²) in [6.45, 7) is 2.77. The van der Waals surface area contributed by atoms with E-state index in [-0.39, 0.29) is 0 Å². The largest absolute Gasteiger partial charge is 0.457 e. The van der Waals surface area contributed by atoms with E-state index in [1.165, 1.54) is 5.56 Å². The van der Waals surface area contributed by atoms with Gasteiger partial charge < -0.3 is 10.5 Å². The van der Waals surface area contributed by atoms with Gasteiger partial charge in [0.2, 0.25) is 0 Å². The fraction of sp³-hybridized carbons (Fsp3) is 0.235. The minimum Gasteiger partial charge on any atom is -0.457 e. The molecule has 0 bridgehead atoms. The molecule has 0 saturated heterocycles. The van der Waals surface area contributed by atoms with Crippen LogP contribution in [-0.2, 0) is 0 Å². The molecule has 0 radical (unpaired) electrons. The maximum Gasteiger partial charge on any atom is 0.127 e. The molecule has 2 rings (SSSR count). The molecule has 1 unspecified atom stereocenters. The van der Waals surface area contributed by atoms with Crippen molar-refractivity contribution in [1.29, 1.82) is 5.26 Å². The van der Waals surface area contributed by atoms with Crippen LogP contribution in [0.1, 0.15) is 30.4 Å². The zero-order valence-corrected chi connectivity index (χ0v) is 11.5. The first-order chi connectivity index (χ1) is 9.76. The Labute approximate surface area is 119 Å². The molecule has 3 heteroatoms. The third-order valence-electron chi connectivity index (χ3n) is 3.33. The molecule has 2 N–H and O–H groups in total. The molecular formula is C17H18N2O. The lowest BCUT2D eigenvalue weighted by molar-refractivity contribution is 0.481. The summed E-state index contributed by atoms with van der Waals surface area (Å²) in [7, 11) is 0. The van der Waals surface area contributed by atoms with Crippen molar-refractivity contribution in [1.82, 2.24) is 0 Å². The summed E-state index contributed by atoms with van der Waals surface area (Å²) >= 11 is 0. The summed E-state index contributed by atoms with van der Waals surface area (Å²) in [4.78, 5) is 0. The van der Waals surface area contributed by atoms with E-state index in [1.807, 2.05) is 18.2 Å². The lowest BCUT2D eigenvalue weighted by Crippen LogP contribution is -2.11. The Morgan fingerprint density at radius 2 is 1.90 bits per heavy atom. The van der Waals surface area contributed by atoms with E-state index in [4.69, 9.17) is 15.7 Å². The molecule has 0 aliphatic carbocycles. The first-order valence-electron chi connectivity index (χ1n) is 6.75. The van der Waals surface area contributed by atoms with Crippen LogP contribution in [0.5, 0.6) is 11.5 Å². The lowest BCUT2D eigenvalue weighted by atomic mass is 9.97. The number of benzene rings is 2. The van der Waals surface area contributed by atoms with Gasteiger partial charge >= 0.3 is 0 Å². The molecule has 1 atom stereocenters. The predicted octanol–water partition coefficient (Wildman–Crippen LogP) is 3.80. The predicted molar refractivity (Wildman–Crippen MR) is 79.8 cm³/mol. The summed E-state index contributed by atoms with van der Waals surface area (Å²) in [5.74, 6) is 1.88. The summed E-state index contributed by atoms with van der Waals surface area (Å²) in [5, 5.41) is 8.77. The van der Waals surface area contributed by atoms with Crippen LogP contribution in [-0.4, -0.2) is 6.54 Å². The van der Waals surface area contributed by atoms with E-state index in [0.29, 0.717) is 18.0 Å². The van der Waals surface area contributed by atoms with E-state index in [2.05, 4.69) is 19.1 Å². The molecule has 2 aromatic carbocycles. The van der Waals surface area contributed by atoms with Crippen LogP contribution in [0.25, 0.3) is 0 Å². The zero-order valence-electron chi connectivity index (χ0n) is 11.5. The van der Waals surface area contributed by atoms with Crippen molar-refractivity contribution in [2.45, 2.75) is 19.3 Å². The van der Waals surface area contributed by atoms with Gasteiger partial charge in [0.15, 0.2) is 0 Å². The molecule has 0 aliphatic heterocycles. The van der Waals surface area contributed by atoms with Gasteiger partial charge in [-0.1, -0.05) is 19.1 Å². The van der Waals surface area contributed by atoms with Crippen molar-refractivity contribution in [2.24, 2.45) is 5.73 Å². The molecule has 3 nitrogen and oxygen atoms in total. The minimum atomic E-state index is 0.361. The minimum absolute atomic E-state index is 0.361. The van der Waals surface area contributed by atoms with Crippen LogP contribution in [0.4, 0.5) is 0 Å². The molecule has 0 heterocycles. The van der Waals surface area contributed by atoms with Gasteiger partial charge in [0, 0.05) is 0 Å². The molecule has 0 aromatic heterocycles. The summed E-state index contributed by atoms with van der Waals surface area (Å²) < 4.78 is 5.81. The van der Waals surface area contributed by atoms with Gasteiger partial charge in [0.05, 0.1) is 11.6 Å². The van der Waals surface area contributed by atoms with Gasteiger partial charge in [0.25, 0.3) is 0 Å². The van der Waals surface area contributed by atoms with Crippen LogP contribution in [0, 0.1) is 11.3 Å². The highest BCUT2D eigenvalue weighted by Gasteiger charge is 2.08. The van der Waals surface area contributed by atoms with Gasteiger partial charge in [-0.25, -0.2) is 0 Å². The quantitative estimate of drug-likeness (QED) is 0.895. The number of rotatable bonds is 5. The second-order valence-corrected chi connectivity index (χ2v) is 4.65. The number of hydrogen-bond acceptors (Lipinski definition) is 3. The van der Waals surface area contributed by atoms with Gasteiger partial charge in [-0.2, -0.15) is 5.26 Å². The molecule has 20 heavy (non-hydrogen) atoms. The lowest BCUT2D eigenvalue weighted by Gasteiger charge is -2.14. The maximum atomic E-state index is 8.77. The van der Waals surface area contributed by atoms with E-state index < -0.39 is 0 Å². The number of hydrogen-bond donors (Lipinski definition) is 1. The van der Waals surface area contributed by atoms with Crippen LogP contribution in [0.3, 0.4) is 0 Å². The van der Waals surface area contributed by atoms with Crippen LogP contribution >= 0.6 is 0 Å². The van der Waals surface area contributed by atoms with Crippen molar-refractivity contribution < 1.29 is 4.74 Å². The molecule has 2 aromatic rings. The van der Waals surface area contributed by atoms with E-state index in [1.54, 1.807) is 24.3 Å². The average Bonchev–Trinajstić information content (AvgIpc) is 2.50. The van der Waals surface area contributed by atoms with Crippen molar-refractivity contribution in [3.05, 3.63) is 59.7 Å². The smallest absolute Gasteiger partial charge is 0.127 e. The van der Waals surface area contributed by atoms with E-state index >= 15 is 0 Å². The Morgan fingerprint density at radius 3 is 2.50 bits per heavy atom. The highest BCUT2D eigenvalue weighted by atomic mass is 16.5. The second kappa shape index (κ2) is 6.74. The Bertz CT molecular complexity index is 595. The van der Waals surface area contributed by atoms with Gasteiger partial charge in [0.1, 0.15) is 11.5 Å². The molecule has 0 saturated carbocycles. The van der Waals surface area contributed by atoms with Crippen molar-refractivity contribution in [3.63, 3.8) is 0 Å². The Balaban J connectivity index is 2.16. The summed E-state index contributed by atoms with van der Waals surface area (Å²) in [6.07, 6.45) is 1.01. The zero-order chi connectivity index (χ0) is 14.4. The second-order valence-electron chi connectivity index (χ2n) is 4.65. The topological polar surface area (TPSA) is 59.0 Å². The third kappa shape index (κ3) is 3.37. The Kier molecular flexibility index (Phi) is 4.75. The van der Waals surface area contributed by atoms with E-state index in [9.17, 15) is 0 Å². The standard InChI is InChI=1S/C17H18N2O/c1-2-14(12-19)15-4-3-5-17(10-15)20-16-8-6-13(11-18)7-9-16/h3-10,14H,2,12,19H2,1H3. The molecule has 102 valence electrons. The SMILES string of the molecule is CCC(CN)c1cccc(Oc2ccc(C#N)cc2)c1. The monoisotopic (exact) mass is 266 g/mol. The molecule has 0 aliphatic rings. The highest BCUT2D eigenvalue weighted by Crippen LogP contribution is 2.26. The normalized spacial score (nSPS) is 11.7. The summed E-state index contributed by atoms with van der Waals surface area (Å²) in [5.41, 5.74) is 7.60. The highest BCUT2D eigenvalue weighted by molar-refractivity contribution is 5.38. The molecular weight excluding hydrogens is 248 g/mol. The third-order valence-corrected chi connectivity index (χ3v) is 3.33. The Morgan fingerprint density at radius 1 is 1.15 bits per heavy atom. The van der Waals surface area contributed by atoms with Gasteiger partial charge in [-0.3, -0.25) is 0 Å². The first-order valence-corrected chi connectivity index (χ1v) is 6.75. The van der Waals surface area contributed by atoms with Crippen molar-refractivity contribution >= 4 is 0 Å². The van der Waals surface area contributed by atoms with Gasteiger partial charge in [-0.05, 0) is 60.8 Å². The number of nitrogens with two attached hydrogens (primary N) is 1. The first kappa shape index (κ1) is 14.1. The average molecular weight is 266 g/mol. The van der Waals surface area contributed by atoms with Crippen LogP contribution < -0.4 is 10.5 Å². The number of nitriles is 1. The fourth-order valence-electron chi connectivity index (χ4n) is 2.10. The number of nitrogens with zero attached hydrogens (tertiary/aromatic N) is 1. The molecule has 0 spiro atoms. The van der Waals surface area contributed by atoms with E-state index in [0.717, 1.165) is 17.9 Å². The van der Waals surface area contributed by atoms with Crippen LogP contribution in [0.15, 0.2) is 48.5 Å². The fourth-order valence-corrected chi connectivity index (χ4v) is 2.10. The summed E-state index contributed by atoms with van der Waals surface area (Å²) in [6, 6.07) is 17.2.